The Bertz CT molecular complexity index is 1240. The molecule has 9 heteroatoms. The molecule has 1 aliphatic rings. The summed E-state index contributed by atoms with van der Waals surface area (Å²) in [6.45, 7) is 6.93. The zero-order valence-corrected chi connectivity index (χ0v) is 17.4. The van der Waals surface area contributed by atoms with Gasteiger partial charge in [0, 0.05) is 69.1 Å². The molecule has 0 amide bonds. The van der Waals surface area contributed by atoms with E-state index in [-0.39, 0.29) is 5.56 Å². The van der Waals surface area contributed by atoms with Crippen LogP contribution in [0.15, 0.2) is 59.9 Å². The van der Waals surface area contributed by atoms with Gasteiger partial charge in [0.1, 0.15) is 5.52 Å². The first kappa shape index (κ1) is 19.4. The molecule has 0 N–H and O–H groups in total. The zero-order valence-electron chi connectivity index (χ0n) is 17.4. The Morgan fingerprint density at radius 1 is 0.935 bits per heavy atom. The minimum absolute atomic E-state index is 0.0802. The second-order valence-corrected chi connectivity index (χ2v) is 7.71. The second-order valence-electron chi connectivity index (χ2n) is 7.71. The van der Waals surface area contributed by atoms with Gasteiger partial charge < -0.3 is 4.90 Å². The summed E-state index contributed by atoms with van der Waals surface area (Å²) in [4.78, 5) is 25.6. The molecule has 0 unspecified atom stereocenters. The number of aryl methyl sites for hydroxylation is 1. The maximum absolute atomic E-state index is 12.3. The van der Waals surface area contributed by atoms with Crippen LogP contribution in [0, 0.1) is 6.92 Å². The molecule has 1 aliphatic heterocycles. The van der Waals surface area contributed by atoms with Crippen molar-refractivity contribution in [3.05, 3.63) is 71.2 Å². The molecule has 31 heavy (non-hydrogen) atoms. The van der Waals surface area contributed by atoms with E-state index in [2.05, 4.69) is 36.0 Å². The molecule has 1 saturated heterocycles. The summed E-state index contributed by atoms with van der Waals surface area (Å²) in [6.07, 6.45) is 7.14. The van der Waals surface area contributed by atoms with Gasteiger partial charge in [-0.3, -0.25) is 14.7 Å². The maximum Gasteiger partial charge on any atom is 0.266 e. The smallest absolute Gasteiger partial charge is 0.266 e. The zero-order chi connectivity index (χ0) is 21.2. The molecule has 0 saturated carbocycles. The van der Waals surface area contributed by atoms with E-state index in [1.165, 1.54) is 0 Å². The largest absolute Gasteiger partial charge is 0.352 e. The summed E-state index contributed by atoms with van der Waals surface area (Å²) in [7, 11) is 0. The van der Waals surface area contributed by atoms with E-state index in [1.807, 2.05) is 29.8 Å². The van der Waals surface area contributed by atoms with Crippen molar-refractivity contribution >= 4 is 11.3 Å². The van der Waals surface area contributed by atoms with Crippen molar-refractivity contribution < 1.29 is 0 Å². The third kappa shape index (κ3) is 4.04. The lowest BCUT2D eigenvalue weighted by atomic mass is 10.2. The predicted octanol–water partition coefficient (Wildman–Crippen LogP) is 1.48. The molecule has 1 fully saturated rings. The molecule has 0 aliphatic carbocycles. The SMILES string of the molecule is Cc1cc2c(N3CCN(CCn4nc(-c5ccncc5)ccc4=O)CC3)nccn2n1. The average molecular weight is 416 g/mol. The fourth-order valence-corrected chi connectivity index (χ4v) is 3.98. The maximum atomic E-state index is 12.3. The van der Waals surface area contributed by atoms with Crippen molar-refractivity contribution in [3.8, 4) is 11.3 Å². The summed E-state index contributed by atoms with van der Waals surface area (Å²) in [6, 6.07) is 9.21. The highest BCUT2D eigenvalue weighted by molar-refractivity contribution is 5.69. The molecule has 0 spiro atoms. The second kappa shape index (κ2) is 8.27. The van der Waals surface area contributed by atoms with Gasteiger partial charge in [-0.1, -0.05) is 0 Å². The highest BCUT2D eigenvalue weighted by Gasteiger charge is 2.20. The number of hydrogen-bond acceptors (Lipinski definition) is 7. The highest BCUT2D eigenvalue weighted by atomic mass is 16.1. The third-order valence-electron chi connectivity index (χ3n) is 5.63. The first-order chi connectivity index (χ1) is 15.2. The van der Waals surface area contributed by atoms with Crippen molar-refractivity contribution in [2.45, 2.75) is 13.5 Å². The Morgan fingerprint density at radius 2 is 1.74 bits per heavy atom. The van der Waals surface area contributed by atoms with Crippen LogP contribution in [0.25, 0.3) is 16.8 Å². The van der Waals surface area contributed by atoms with Crippen LogP contribution in [-0.2, 0) is 6.54 Å². The summed E-state index contributed by atoms with van der Waals surface area (Å²) in [5.74, 6) is 0.977. The van der Waals surface area contributed by atoms with Crippen LogP contribution in [0.5, 0.6) is 0 Å². The van der Waals surface area contributed by atoms with E-state index in [4.69, 9.17) is 0 Å². The van der Waals surface area contributed by atoms with Gasteiger partial charge >= 0.3 is 0 Å². The fourth-order valence-electron chi connectivity index (χ4n) is 3.98. The van der Waals surface area contributed by atoms with E-state index in [1.54, 1.807) is 35.4 Å². The predicted molar refractivity (Wildman–Crippen MR) is 118 cm³/mol. The molecule has 9 nitrogen and oxygen atoms in total. The Balaban J connectivity index is 1.23. The number of aromatic nitrogens is 6. The fraction of sp³-hybridized carbons (Fsp3) is 0.318. The van der Waals surface area contributed by atoms with Crippen molar-refractivity contribution in [2.75, 3.05) is 37.6 Å². The minimum atomic E-state index is -0.0802. The number of anilines is 1. The number of piperazine rings is 1. The molecule has 5 rings (SSSR count). The van der Waals surface area contributed by atoms with Crippen LogP contribution >= 0.6 is 0 Å². The van der Waals surface area contributed by atoms with Gasteiger partial charge in [0.15, 0.2) is 5.82 Å². The molecular weight excluding hydrogens is 392 g/mol. The van der Waals surface area contributed by atoms with Crippen molar-refractivity contribution in [1.29, 1.82) is 0 Å². The molecule has 4 aromatic heterocycles. The monoisotopic (exact) mass is 416 g/mol. The van der Waals surface area contributed by atoms with Crippen LogP contribution < -0.4 is 10.5 Å². The molecule has 0 radical (unpaired) electrons. The van der Waals surface area contributed by atoms with Crippen LogP contribution in [0.2, 0.25) is 0 Å². The molecule has 158 valence electrons. The first-order valence-corrected chi connectivity index (χ1v) is 10.4. The van der Waals surface area contributed by atoms with Crippen molar-refractivity contribution in [2.24, 2.45) is 0 Å². The Morgan fingerprint density at radius 3 is 2.55 bits per heavy atom. The molecule has 0 bridgehead atoms. The lowest BCUT2D eigenvalue weighted by Gasteiger charge is -2.35. The molecular formula is C22H24N8O. The lowest BCUT2D eigenvalue weighted by molar-refractivity contribution is 0.242. The van der Waals surface area contributed by atoms with Crippen molar-refractivity contribution in [1.82, 2.24) is 34.3 Å². The number of nitrogens with zero attached hydrogens (tertiary/aromatic N) is 8. The number of hydrogen-bond donors (Lipinski definition) is 0. The number of rotatable bonds is 5. The van der Waals surface area contributed by atoms with E-state index in [9.17, 15) is 4.79 Å². The van der Waals surface area contributed by atoms with Crippen LogP contribution in [0.1, 0.15) is 5.69 Å². The normalized spacial score (nSPS) is 14.9. The summed E-state index contributed by atoms with van der Waals surface area (Å²) < 4.78 is 3.44. The Hall–Kier alpha value is -3.59. The molecule has 5 heterocycles. The van der Waals surface area contributed by atoms with E-state index < -0.39 is 0 Å². The van der Waals surface area contributed by atoms with Gasteiger partial charge in [-0.25, -0.2) is 14.2 Å². The first-order valence-electron chi connectivity index (χ1n) is 10.4. The van der Waals surface area contributed by atoms with E-state index in [0.29, 0.717) is 6.54 Å². The molecule has 4 aromatic rings. The molecule has 0 atom stereocenters. The van der Waals surface area contributed by atoms with Crippen LogP contribution in [-0.4, -0.2) is 67.0 Å². The van der Waals surface area contributed by atoms with Crippen molar-refractivity contribution in [3.63, 3.8) is 0 Å². The summed E-state index contributed by atoms with van der Waals surface area (Å²) >= 11 is 0. The third-order valence-corrected chi connectivity index (χ3v) is 5.63. The van der Waals surface area contributed by atoms with Crippen LogP contribution in [0.3, 0.4) is 0 Å². The summed E-state index contributed by atoms with van der Waals surface area (Å²) in [5.41, 5.74) is 3.68. The standard InChI is InChI=1S/C22H24N8O/c1-17-16-20-22(24-8-9-29(20)25-17)28-13-10-27(11-14-28)12-15-30-21(31)3-2-19(26-30)18-4-6-23-7-5-18/h2-9,16H,10-15H2,1H3. The quantitative estimate of drug-likeness (QED) is 0.487. The summed E-state index contributed by atoms with van der Waals surface area (Å²) in [5, 5.41) is 9.03. The van der Waals surface area contributed by atoms with Gasteiger partial charge in [0.25, 0.3) is 5.56 Å². The van der Waals surface area contributed by atoms with Gasteiger partial charge in [-0.2, -0.15) is 10.2 Å². The van der Waals surface area contributed by atoms with Gasteiger partial charge in [-0.05, 0) is 31.2 Å². The Kier molecular flexibility index (Phi) is 5.17. The number of fused-ring (bicyclic) bond motifs is 1. The average Bonchev–Trinajstić information content (AvgIpc) is 3.20. The highest BCUT2D eigenvalue weighted by Crippen LogP contribution is 2.21. The Labute approximate surface area is 179 Å². The molecule has 0 aromatic carbocycles. The van der Waals surface area contributed by atoms with E-state index >= 15 is 0 Å². The van der Waals surface area contributed by atoms with Gasteiger partial charge in [0.05, 0.1) is 17.9 Å². The van der Waals surface area contributed by atoms with Gasteiger partial charge in [0.2, 0.25) is 0 Å². The van der Waals surface area contributed by atoms with Gasteiger partial charge in [-0.15, -0.1) is 0 Å². The topological polar surface area (TPSA) is 84.5 Å². The minimum Gasteiger partial charge on any atom is -0.352 e. The van der Waals surface area contributed by atoms with Crippen LogP contribution in [0.4, 0.5) is 5.82 Å². The van der Waals surface area contributed by atoms with E-state index in [0.717, 1.165) is 61.0 Å². The number of pyridine rings is 1. The lowest BCUT2D eigenvalue weighted by Crippen LogP contribution is -2.48.